The van der Waals surface area contributed by atoms with E-state index in [0.29, 0.717) is 23.8 Å². The molecule has 33 heavy (non-hydrogen) atoms. The standard InChI is InChI=1S/C23H20ClF2N3O3S/c24-17-5-3-4-16(14-17)23(30)27-21-9-8-18(15-20(21)26)33(31,32)29-12-10-28(11-13-29)22-7-2-1-6-19(22)25/h1-9,14-15H,10-13H2,(H,27,30). The molecule has 1 fully saturated rings. The number of benzene rings is 3. The molecule has 10 heteroatoms. The zero-order valence-corrected chi connectivity index (χ0v) is 18.9. The summed E-state index contributed by atoms with van der Waals surface area (Å²) in [5.41, 5.74) is 0.509. The lowest BCUT2D eigenvalue weighted by molar-refractivity contribution is 0.102. The molecule has 1 aliphatic heterocycles. The molecule has 0 spiro atoms. The van der Waals surface area contributed by atoms with E-state index in [1.165, 1.54) is 34.6 Å². The van der Waals surface area contributed by atoms with Crippen LogP contribution in [0.3, 0.4) is 0 Å². The molecule has 1 heterocycles. The SMILES string of the molecule is O=C(Nc1ccc(S(=O)(=O)N2CCN(c3ccccc3F)CC2)cc1F)c1cccc(Cl)c1. The summed E-state index contributed by atoms with van der Waals surface area (Å²) in [6.45, 7) is 0.865. The number of nitrogens with zero attached hydrogens (tertiary/aromatic N) is 2. The van der Waals surface area contributed by atoms with Crippen molar-refractivity contribution in [3.05, 3.63) is 89.0 Å². The number of hydrogen-bond acceptors (Lipinski definition) is 4. The Morgan fingerprint density at radius 2 is 1.61 bits per heavy atom. The summed E-state index contributed by atoms with van der Waals surface area (Å²) in [4.78, 5) is 13.9. The molecule has 0 radical (unpaired) electrons. The quantitative estimate of drug-likeness (QED) is 0.575. The van der Waals surface area contributed by atoms with Crippen molar-refractivity contribution in [1.82, 2.24) is 4.31 Å². The molecule has 0 aliphatic carbocycles. The monoisotopic (exact) mass is 491 g/mol. The van der Waals surface area contributed by atoms with E-state index in [1.54, 1.807) is 35.2 Å². The first-order chi connectivity index (χ1) is 15.8. The smallest absolute Gasteiger partial charge is 0.255 e. The van der Waals surface area contributed by atoms with Gasteiger partial charge < -0.3 is 10.2 Å². The summed E-state index contributed by atoms with van der Waals surface area (Å²) in [6.07, 6.45) is 0. The highest BCUT2D eigenvalue weighted by atomic mass is 35.5. The molecule has 1 aliphatic rings. The van der Waals surface area contributed by atoms with Gasteiger partial charge in [0.1, 0.15) is 11.6 Å². The molecule has 0 bridgehead atoms. The summed E-state index contributed by atoms with van der Waals surface area (Å²) in [6, 6.07) is 15.8. The molecule has 0 aromatic heterocycles. The number of carbonyl (C=O) groups is 1. The van der Waals surface area contributed by atoms with Gasteiger partial charge in [-0.2, -0.15) is 4.31 Å². The first-order valence-electron chi connectivity index (χ1n) is 10.1. The van der Waals surface area contributed by atoms with Gasteiger partial charge in [-0.25, -0.2) is 17.2 Å². The first kappa shape index (κ1) is 23.2. The van der Waals surface area contributed by atoms with Gasteiger partial charge in [-0.05, 0) is 48.5 Å². The molecular weight excluding hydrogens is 472 g/mol. The van der Waals surface area contributed by atoms with Crippen molar-refractivity contribution in [2.24, 2.45) is 0 Å². The van der Waals surface area contributed by atoms with Crippen molar-refractivity contribution in [2.45, 2.75) is 4.90 Å². The zero-order chi connectivity index (χ0) is 23.6. The summed E-state index contributed by atoms with van der Waals surface area (Å²) < 4.78 is 55.9. The fourth-order valence-corrected chi connectivity index (χ4v) is 5.23. The van der Waals surface area contributed by atoms with Gasteiger partial charge in [0.25, 0.3) is 5.91 Å². The van der Waals surface area contributed by atoms with Crippen molar-refractivity contribution < 1.29 is 22.0 Å². The van der Waals surface area contributed by atoms with Crippen LogP contribution in [-0.4, -0.2) is 44.8 Å². The second-order valence-electron chi connectivity index (χ2n) is 7.45. The third-order valence-electron chi connectivity index (χ3n) is 5.35. The van der Waals surface area contributed by atoms with Crippen LogP contribution in [-0.2, 0) is 10.0 Å². The topological polar surface area (TPSA) is 69.7 Å². The van der Waals surface area contributed by atoms with E-state index >= 15 is 0 Å². The fraction of sp³-hybridized carbons (Fsp3) is 0.174. The minimum Gasteiger partial charge on any atom is -0.367 e. The fourth-order valence-electron chi connectivity index (χ4n) is 3.61. The van der Waals surface area contributed by atoms with E-state index < -0.39 is 21.7 Å². The normalized spacial score (nSPS) is 14.8. The molecule has 4 rings (SSSR count). The number of para-hydroxylation sites is 1. The average molecular weight is 492 g/mol. The highest BCUT2D eigenvalue weighted by Crippen LogP contribution is 2.26. The maximum Gasteiger partial charge on any atom is 0.255 e. The number of nitrogens with one attached hydrogen (secondary N) is 1. The van der Waals surface area contributed by atoms with Crippen LogP contribution in [0, 0.1) is 11.6 Å². The molecule has 3 aromatic rings. The van der Waals surface area contributed by atoms with Crippen LogP contribution < -0.4 is 10.2 Å². The van der Waals surface area contributed by atoms with Gasteiger partial charge in [-0.1, -0.05) is 29.8 Å². The number of piperazine rings is 1. The first-order valence-corrected chi connectivity index (χ1v) is 11.9. The number of halogens is 3. The summed E-state index contributed by atoms with van der Waals surface area (Å²) in [5.74, 6) is -1.82. The Balaban J connectivity index is 1.46. The molecule has 1 N–H and O–H groups in total. The Bertz CT molecular complexity index is 1300. The van der Waals surface area contributed by atoms with Gasteiger partial charge in [-0.3, -0.25) is 4.79 Å². The second-order valence-corrected chi connectivity index (χ2v) is 9.82. The molecular formula is C23H20ClF2N3O3S. The van der Waals surface area contributed by atoms with Gasteiger partial charge in [0.05, 0.1) is 16.3 Å². The minimum atomic E-state index is -3.96. The molecule has 0 unspecified atom stereocenters. The lowest BCUT2D eigenvalue weighted by atomic mass is 10.2. The maximum absolute atomic E-state index is 14.7. The van der Waals surface area contributed by atoms with Gasteiger partial charge >= 0.3 is 0 Å². The number of rotatable bonds is 5. The summed E-state index contributed by atoms with van der Waals surface area (Å²) in [5, 5.41) is 2.78. The van der Waals surface area contributed by atoms with Crippen molar-refractivity contribution in [2.75, 3.05) is 36.4 Å². The largest absolute Gasteiger partial charge is 0.367 e. The van der Waals surface area contributed by atoms with Crippen LogP contribution in [0.5, 0.6) is 0 Å². The van der Waals surface area contributed by atoms with E-state index in [-0.39, 0.29) is 35.1 Å². The Kier molecular flexibility index (Phi) is 6.64. The lowest BCUT2D eigenvalue weighted by Crippen LogP contribution is -2.48. The van der Waals surface area contributed by atoms with Crippen molar-refractivity contribution in [3.63, 3.8) is 0 Å². The minimum absolute atomic E-state index is 0.130. The van der Waals surface area contributed by atoms with Crippen molar-refractivity contribution >= 4 is 38.9 Å². The van der Waals surface area contributed by atoms with E-state index in [4.69, 9.17) is 11.6 Å². The van der Waals surface area contributed by atoms with Crippen LogP contribution in [0.4, 0.5) is 20.2 Å². The molecule has 0 saturated carbocycles. The number of anilines is 2. The van der Waals surface area contributed by atoms with Crippen LogP contribution in [0.15, 0.2) is 71.6 Å². The molecule has 1 amide bonds. The highest BCUT2D eigenvalue weighted by molar-refractivity contribution is 7.89. The zero-order valence-electron chi connectivity index (χ0n) is 17.3. The predicted octanol–water partition coefficient (Wildman–Crippen LogP) is 4.38. The van der Waals surface area contributed by atoms with Gasteiger partial charge in [0.2, 0.25) is 10.0 Å². The molecule has 172 valence electrons. The molecule has 3 aromatic carbocycles. The molecule has 1 saturated heterocycles. The Hall–Kier alpha value is -3.01. The van der Waals surface area contributed by atoms with E-state index in [0.717, 1.165) is 6.07 Å². The third-order valence-corrected chi connectivity index (χ3v) is 7.47. The van der Waals surface area contributed by atoms with E-state index in [2.05, 4.69) is 5.32 Å². The number of carbonyl (C=O) groups excluding carboxylic acids is 1. The second kappa shape index (κ2) is 9.46. The van der Waals surface area contributed by atoms with E-state index in [1.807, 2.05) is 0 Å². The van der Waals surface area contributed by atoms with Crippen LogP contribution in [0.25, 0.3) is 0 Å². The number of sulfonamides is 1. The summed E-state index contributed by atoms with van der Waals surface area (Å²) in [7, 11) is -3.96. The highest BCUT2D eigenvalue weighted by Gasteiger charge is 2.30. The predicted molar refractivity (Wildman–Crippen MR) is 123 cm³/mol. The van der Waals surface area contributed by atoms with Crippen molar-refractivity contribution in [1.29, 1.82) is 0 Å². The van der Waals surface area contributed by atoms with Crippen molar-refractivity contribution in [3.8, 4) is 0 Å². The number of hydrogen-bond donors (Lipinski definition) is 1. The summed E-state index contributed by atoms with van der Waals surface area (Å²) >= 11 is 5.87. The molecule has 6 nitrogen and oxygen atoms in total. The van der Waals surface area contributed by atoms with Gasteiger partial charge in [0.15, 0.2) is 0 Å². The van der Waals surface area contributed by atoms with Gasteiger partial charge in [0, 0.05) is 36.8 Å². The Morgan fingerprint density at radius 3 is 2.27 bits per heavy atom. The lowest BCUT2D eigenvalue weighted by Gasteiger charge is -2.35. The average Bonchev–Trinajstić information content (AvgIpc) is 2.80. The maximum atomic E-state index is 14.7. The Labute approximate surface area is 195 Å². The third kappa shape index (κ3) is 5.00. The molecule has 0 atom stereocenters. The van der Waals surface area contributed by atoms with Crippen LogP contribution in [0.2, 0.25) is 5.02 Å². The number of amides is 1. The van der Waals surface area contributed by atoms with Crippen LogP contribution in [0.1, 0.15) is 10.4 Å². The van der Waals surface area contributed by atoms with Gasteiger partial charge in [-0.15, -0.1) is 0 Å². The Morgan fingerprint density at radius 1 is 0.879 bits per heavy atom. The van der Waals surface area contributed by atoms with E-state index in [9.17, 15) is 22.0 Å². The van der Waals surface area contributed by atoms with Crippen LogP contribution >= 0.6 is 11.6 Å².